The number of carbonyl (C=O) groups is 2. The van der Waals surface area contributed by atoms with Crippen molar-refractivity contribution in [2.24, 2.45) is 5.92 Å². The summed E-state index contributed by atoms with van der Waals surface area (Å²) < 4.78 is 5.36. The molecule has 0 radical (unpaired) electrons. The first-order chi connectivity index (χ1) is 15.1. The number of nitrogens with one attached hydrogen (secondary N) is 1. The lowest BCUT2D eigenvalue weighted by atomic mass is 9.97. The zero-order valence-corrected chi connectivity index (χ0v) is 17.4. The van der Waals surface area contributed by atoms with Gasteiger partial charge in [-0.25, -0.2) is 0 Å². The summed E-state index contributed by atoms with van der Waals surface area (Å²) >= 11 is 0. The summed E-state index contributed by atoms with van der Waals surface area (Å²) in [5, 5.41) is 3.16. The van der Waals surface area contributed by atoms with Crippen molar-refractivity contribution in [3.8, 4) is 5.75 Å². The van der Waals surface area contributed by atoms with E-state index >= 15 is 0 Å². The molecule has 6 heteroatoms. The molecule has 3 aromatic rings. The number of hydrogen-bond donors (Lipinski definition) is 1. The fourth-order valence-corrected chi connectivity index (χ4v) is 3.89. The van der Waals surface area contributed by atoms with E-state index in [1.807, 2.05) is 66.7 Å². The molecule has 0 aliphatic carbocycles. The number of likely N-dealkylation sites (tertiary alicyclic amines) is 1. The van der Waals surface area contributed by atoms with Crippen LogP contribution >= 0.6 is 0 Å². The molecule has 1 saturated heterocycles. The highest BCUT2D eigenvalue weighted by Crippen LogP contribution is 2.27. The van der Waals surface area contributed by atoms with E-state index < -0.39 is 0 Å². The first-order valence-electron chi connectivity index (χ1n) is 10.3. The Hall–Kier alpha value is -3.67. The zero-order valence-electron chi connectivity index (χ0n) is 17.4. The summed E-state index contributed by atoms with van der Waals surface area (Å²) in [4.78, 5) is 31.4. The Kier molecular flexibility index (Phi) is 6.26. The number of amides is 2. The highest BCUT2D eigenvalue weighted by molar-refractivity contribution is 5.89. The summed E-state index contributed by atoms with van der Waals surface area (Å²) in [6.45, 7) is 0.899. The molecule has 0 bridgehead atoms. The predicted molar refractivity (Wildman–Crippen MR) is 117 cm³/mol. The number of benzene rings is 2. The molecular formula is C25H25N3O3. The Morgan fingerprint density at radius 1 is 1.10 bits per heavy atom. The summed E-state index contributed by atoms with van der Waals surface area (Å²) in [7, 11) is 1.62. The molecule has 2 heterocycles. The summed E-state index contributed by atoms with van der Waals surface area (Å²) in [6, 6.07) is 20.9. The van der Waals surface area contributed by atoms with Gasteiger partial charge in [0.2, 0.25) is 11.8 Å². The lowest BCUT2D eigenvalue weighted by molar-refractivity contribution is -0.129. The summed E-state index contributed by atoms with van der Waals surface area (Å²) in [6.07, 6.45) is 3.63. The van der Waals surface area contributed by atoms with Gasteiger partial charge >= 0.3 is 0 Å². The standard InChI is InChI=1S/C25H25N3O3/c1-31-22-9-5-8-20(14-22)24(19-6-3-2-4-7-19)27-25(30)21-15-23(29)28(17-21)16-18-10-12-26-13-11-18/h2-14,21,24H,15-17H2,1H3,(H,27,30)/t21-,24-/m0/s1. The third-order valence-corrected chi connectivity index (χ3v) is 5.55. The van der Waals surface area contributed by atoms with E-state index in [1.54, 1.807) is 24.4 Å². The molecule has 2 atom stereocenters. The van der Waals surface area contributed by atoms with Crippen molar-refractivity contribution in [1.29, 1.82) is 0 Å². The number of nitrogens with zero attached hydrogens (tertiary/aromatic N) is 2. The lowest BCUT2D eigenvalue weighted by Crippen LogP contribution is -2.36. The first kappa shape index (κ1) is 20.6. The second-order valence-electron chi connectivity index (χ2n) is 7.66. The van der Waals surface area contributed by atoms with E-state index in [1.165, 1.54) is 0 Å². The molecule has 4 rings (SSSR count). The van der Waals surface area contributed by atoms with Crippen molar-refractivity contribution < 1.29 is 14.3 Å². The first-order valence-corrected chi connectivity index (χ1v) is 10.3. The number of rotatable bonds is 7. The normalized spacial score (nSPS) is 16.7. The number of hydrogen-bond acceptors (Lipinski definition) is 4. The van der Waals surface area contributed by atoms with Crippen molar-refractivity contribution in [2.45, 2.75) is 19.0 Å². The topological polar surface area (TPSA) is 71.5 Å². The molecule has 2 aromatic carbocycles. The van der Waals surface area contributed by atoms with Crippen molar-refractivity contribution in [3.63, 3.8) is 0 Å². The minimum atomic E-state index is -0.383. The fourth-order valence-electron chi connectivity index (χ4n) is 3.89. The maximum Gasteiger partial charge on any atom is 0.226 e. The molecule has 6 nitrogen and oxygen atoms in total. The Balaban J connectivity index is 1.50. The maximum atomic E-state index is 13.2. The Labute approximate surface area is 181 Å². The summed E-state index contributed by atoms with van der Waals surface area (Å²) in [5.41, 5.74) is 2.90. The third-order valence-electron chi connectivity index (χ3n) is 5.55. The lowest BCUT2D eigenvalue weighted by Gasteiger charge is -2.22. The monoisotopic (exact) mass is 415 g/mol. The number of methoxy groups -OCH3 is 1. The van der Waals surface area contributed by atoms with Gasteiger partial charge in [0.25, 0.3) is 0 Å². The highest BCUT2D eigenvalue weighted by atomic mass is 16.5. The number of aromatic nitrogens is 1. The van der Waals surface area contributed by atoms with E-state index in [4.69, 9.17) is 4.74 Å². The van der Waals surface area contributed by atoms with E-state index in [-0.39, 0.29) is 30.2 Å². The molecule has 31 heavy (non-hydrogen) atoms. The van der Waals surface area contributed by atoms with Gasteiger partial charge < -0.3 is 15.0 Å². The van der Waals surface area contributed by atoms with Crippen LogP contribution in [0.1, 0.15) is 29.2 Å². The van der Waals surface area contributed by atoms with Gasteiger partial charge in [-0.2, -0.15) is 0 Å². The largest absolute Gasteiger partial charge is 0.497 e. The highest BCUT2D eigenvalue weighted by Gasteiger charge is 2.35. The molecular weight excluding hydrogens is 390 g/mol. The SMILES string of the molecule is COc1cccc([C@@H](NC(=O)[C@H]2CC(=O)N(Cc3ccncc3)C2)c2ccccc2)c1. The Morgan fingerprint density at radius 3 is 2.58 bits per heavy atom. The van der Waals surface area contributed by atoms with Crippen molar-refractivity contribution in [2.75, 3.05) is 13.7 Å². The molecule has 0 unspecified atom stereocenters. The quantitative estimate of drug-likeness (QED) is 0.642. The Morgan fingerprint density at radius 2 is 1.84 bits per heavy atom. The summed E-state index contributed by atoms with van der Waals surface area (Å²) in [5.74, 6) is 0.218. The second kappa shape index (κ2) is 9.43. The molecule has 1 aromatic heterocycles. The van der Waals surface area contributed by atoms with Gasteiger partial charge in [-0.05, 0) is 41.0 Å². The molecule has 0 spiro atoms. The van der Waals surface area contributed by atoms with Gasteiger partial charge in [0, 0.05) is 31.9 Å². The van der Waals surface area contributed by atoms with Gasteiger partial charge in [0.05, 0.1) is 19.1 Å². The van der Waals surface area contributed by atoms with Gasteiger partial charge in [0.15, 0.2) is 0 Å². The van der Waals surface area contributed by atoms with Crippen LogP contribution in [0.3, 0.4) is 0 Å². The average Bonchev–Trinajstić information content (AvgIpc) is 3.19. The van der Waals surface area contributed by atoms with Gasteiger partial charge in [-0.1, -0.05) is 42.5 Å². The maximum absolute atomic E-state index is 13.2. The Bertz CT molecular complexity index is 1040. The second-order valence-corrected chi connectivity index (χ2v) is 7.66. The third kappa shape index (κ3) is 4.91. The van der Waals surface area contributed by atoms with Crippen LogP contribution in [0.4, 0.5) is 0 Å². The van der Waals surface area contributed by atoms with E-state index in [9.17, 15) is 9.59 Å². The van der Waals surface area contributed by atoms with E-state index in [2.05, 4.69) is 10.3 Å². The average molecular weight is 415 g/mol. The van der Waals surface area contributed by atoms with Crippen LogP contribution in [0, 0.1) is 5.92 Å². The van der Waals surface area contributed by atoms with Crippen molar-refractivity contribution in [3.05, 3.63) is 95.8 Å². The zero-order chi connectivity index (χ0) is 21.6. The van der Waals surface area contributed by atoms with Gasteiger partial charge in [0.1, 0.15) is 5.75 Å². The van der Waals surface area contributed by atoms with Crippen LogP contribution in [0.15, 0.2) is 79.1 Å². The van der Waals surface area contributed by atoms with Gasteiger partial charge in [-0.3, -0.25) is 14.6 Å². The molecule has 1 fully saturated rings. The molecule has 1 aliphatic rings. The predicted octanol–water partition coefficient (Wildman–Crippen LogP) is 3.34. The van der Waals surface area contributed by atoms with Crippen LogP contribution in [0.2, 0.25) is 0 Å². The fraction of sp³-hybridized carbons (Fsp3) is 0.240. The van der Waals surface area contributed by atoms with Crippen molar-refractivity contribution >= 4 is 11.8 Å². The molecule has 1 aliphatic heterocycles. The van der Waals surface area contributed by atoms with Crippen LogP contribution in [0.5, 0.6) is 5.75 Å². The number of pyridine rings is 1. The number of ether oxygens (including phenoxy) is 1. The molecule has 0 saturated carbocycles. The van der Waals surface area contributed by atoms with Crippen LogP contribution < -0.4 is 10.1 Å². The molecule has 1 N–H and O–H groups in total. The number of carbonyl (C=O) groups excluding carboxylic acids is 2. The smallest absolute Gasteiger partial charge is 0.226 e. The van der Waals surface area contributed by atoms with Crippen LogP contribution in [-0.4, -0.2) is 35.4 Å². The minimum Gasteiger partial charge on any atom is -0.497 e. The van der Waals surface area contributed by atoms with Crippen LogP contribution in [0.25, 0.3) is 0 Å². The minimum absolute atomic E-state index is 0.00500. The van der Waals surface area contributed by atoms with E-state index in [0.717, 1.165) is 22.4 Å². The molecule has 158 valence electrons. The van der Waals surface area contributed by atoms with E-state index in [0.29, 0.717) is 13.1 Å². The van der Waals surface area contributed by atoms with Crippen molar-refractivity contribution in [1.82, 2.24) is 15.2 Å². The molecule has 2 amide bonds. The van der Waals surface area contributed by atoms with Crippen LogP contribution in [-0.2, 0) is 16.1 Å². The van der Waals surface area contributed by atoms with Gasteiger partial charge in [-0.15, -0.1) is 0 Å².